The third-order valence-electron chi connectivity index (χ3n) is 2.47. The molecule has 0 unspecified atom stereocenters. The number of ether oxygens (including phenoxy) is 1. The van der Waals surface area contributed by atoms with Gasteiger partial charge in [0.05, 0.1) is 12.6 Å². The molecule has 0 atom stereocenters. The van der Waals surface area contributed by atoms with E-state index in [4.69, 9.17) is 0 Å². The van der Waals surface area contributed by atoms with Crippen LogP contribution in [0.5, 0.6) is 0 Å². The molecule has 1 aromatic carbocycles. The fourth-order valence-electron chi connectivity index (χ4n) is 1.62. The first-order valence-corrected chi connectivity index (χ1v) is 6.05. The summed E-state index contributed by atoms with van der Waals surface area (Å²) in [5, 5.41) is 0.925. The molecule has 0 radical (unpaired) electrons. The maximum atomic E-state index is 11.7. The molecule has 0 aliphatic rings. The van der Waals surface area contributed by atoms with Crippen molar-refractivity contribution in [1.82, 2.24) is 4.57 Å². The van der Waals surface area contributed by atoms with Crippen LogP contribution in [0.1, 0.15) is 0 Å². The van der Waals surface area contributed by atoms with Crippen LogP contribution in [0.25, 0.3) is 10.9 Å². The zero-order chi connectivity index (χ0) is 12.4. The predicted octanol–water partition coefficient (Wildman–Crippen LogP) is 1.78. The number of fused-ring (bicyclic) bond motifs is 1. The van der Waals surface area contributed by atoms with Gasteiger partial charge in [0.2, 0.25) is 0 Å². The van der Waals surface area contributed by atoms with E-state index in [1.54, 1.807) is 6.07 Å². The molecule has 0 spiro atoms. The molecule has 4 nitrogen and oxygen atoms in total. The average molecular weight is 343 g/mol. The first kappa shape index (κ1) is 12.1. The molecule has 1 aromatic heterocycles. The smallest absolute Gasteiger partial charge is 0.325 e. The van der Waals surface area contributed by atoms with Crippen LogP contribution in [0.3, 0.4) is 0 Å². The first-order chi connectivity index (χ1) is 8.11. The molecule has 2 aromatic rings. The number of methoxy groups -OCH3 is 1. The van der Waals surface area contributed by atoms with E-state index in [0.717, 1.165) is 14.5 Å². The zero-order valence-corrected chi connectivity index (χ0v) is 11.3. The molecule has 1 heterocycles. The van der Waals surface area contributed by atoms with Gasteiger partial charge in [-0.3, -0.25) is 14.2 Å². The monoisotopic (exact) mass is 343 g/mol. The van der Waals surface area contributed by atoms with Gasteiger partial charge in [0.15, 0.2) is 0 Å². The van der Waals surface area contributed by atoms with Crippen LogP contribution in [0.4, 0.5) is 0 Å². The van der Waals surface area contributed by atoms with Crippen molar-refractivity contribution in [2.75, 3.05) is 7.11 Å². The Bertz CT molecular complexity index is 633. The molecule has 88 valence electrons. The van der Waals surface area contributed by atoms with Gasteiger partial charge in [0.25, 0.3) is 5.56 Å². The minimum absolute atomic E-state index is 0.0627. The lowest BCUT2D eigenvalue weighted by Gasteiger charge is -2.08. The van der Waals surface area contributed by atoms with E-state index in [0.29, 0.717) is 0 Å². The molecule has 5 heteroatoms. The van der Waals surface area contributed by atoms with E-state index >= 15 is 0 Å². The average Bonchev–Trinajstić information content (AvgIpc) is 2.32. The van der Waals surface area contributed by atoms with Gasteiger partial charge >= 0.3 is 5.97 Å². The van der Waals surface area contributed by atoms with E-state index in [2.05, 4.69) is 27.3 Å². The van der Waals surface area contributed by atoms with Crippen molar-refractivity contribution in [3.8, 4) is 0 Å². The fourth-order valence-corrected chi connectivity index (χ4v) is 2.09. The third-order valence-corrected chi connectivity index (χ3v) is 3.14. The Kier molecular flexibility index (Phi) is 3.46. The highest BCUT2D eigenvalue weighted by Crippen LogP contribution is 2.15. The van der Waals surface area contributed by atoms with Gasteiger partial charge in [-0.15, -0.1) is 0 Å². The highest BCUT2D eigenvalue weighted by Gasteiger charge is 2.08. The number of rotatable bonds is 2. The lowest BCUT2D eigenvalue weighted by atomic mass is 10.2. The van der Waals surface area contributed by atoms with Gasteiger partial charge < -0.3 is 4.74 Å². The van der Waals surface area contributed by atoms with E-state index in [9.17, 15) is 9.59 Å². The number of aromatic nitrogens is 1. The number of halogens is 1. The normalized spacial score (nSPS) is 10.5. The highest BCUT2D eigenvalue weighted by atomic mass is 127. The summed E-state index contributed by atoms with van der Waals surface area (Å²) in [7, 11) is 1.31. The molecule has 0 saturated carbocycles. The second-order valence-corrected chi connectivity index (χ2v) is 4.78. The lowest BCUT2D eigenvalue weighted by Crippen LogP contribution is -2.24. The lowest BCUT2D eigenvalue weighted by molar-refractivity contribution is -0.141. The van der Waals surface area contributed by atoms with E-state index in [1.165, 1.54) is 17.7 Å². The summed E-state index contributed by atoms with van der Waals surface area (Å²) in [6, 6.07) is 8.96. The summed E-state index contributed by atoms with van der Waals surface area (Å²) < 4.78 is 7.02. The van der Waals surface area contributed by atoms with Crippen molar-refractivity contribution in [3.05, 3.63) is 44.3 Å². The van der Waals surface area contributed by atoms with Crippen molar-refractivity contribution < 1.29 is 9.53 Å². The van der Waals surface area contributed by atoms with Crippen molar-refractivity contribution in [2.45, 2.75) is 6.54 Å². The molecule has 0 aliphatic carbocycles. The number of benzene rings is 1. The number of hydrogen-bond donors (Lipinski definition) is 0. The Morgan fingerprint density at radius 2 is 2.06 bits per heavy atom. The molecule has 17 heavy (non-hydrogen) atoms. The quantitative estimate of drug-likeness (QED) is 0.617. The number of carbonyl (C=O) groups excluding carboxylic acids is 1. The van der Waals surface area contributed by atoms with E-state index in [1.807, 2.05) is 18.2 Å². The Morgan fingerprint density at radius 3 is 2.76 bits per heavy atom. The molecule has 0 bridgehead atoms. The molecule has 0 saturated heterocycles. The van der Waals surface area contributed by atoms with Gasteiger partial charge in [0.1, 0.15) is 6.54 Å². The highest BCUT2D eigenvalue weighted by molar-refractivity contribution is 14.1. The van der Waals surface area contributed by atoms with Gasteiger partial charge in [0, 0.05) is 9.64 Å². The Labute approximate surface area is 111 Å². The molecule has 0 aliphatic heterocycles. The number of hydrogen-bond acceptors (Lipinski definition) is 3. The topological polar surface area (TPSA) is 48.3 Å². The summed E-state index contributed by atoms with van der Waals surface area (Å²) in [6.45, 7) is -0.0627. The van der Waals surface area contributed by atoms with Gasteiger partial charge in [-0.25, -0.2) is 0 Å². The van der Waals surface area contributed by atoms with E-state index in [-0.39, 0.29) is 12.1 Å². The molecule has 2 rings (SSSR count). The van der Waals surface area contributed by atoms with Crippen molar-refractivity contribution in [1.29, 1.82) is 0 Å². The summed E-state index contributed by atoms with van der Waals surface area (Å²) in [5.74, 6) is -0.432. The Balaban J connectivity index is 2.66. The number of pyridine rings is 1. The Morgan fingerprint density at radius 1 is 1.35 bits per heavy atom. The fraction of sp³-hybridized carbons (Fsp3) is 0.167. The largest absolute Gasteiger partial charge is 0.468 e. The maximum absolute atomic E-state index is 11.7. The standard InChI is InChI=1S/C12H10INO3/c1-17-12(16)7-14-10-6-9(13)4-2-8(10)3-5-11(14)15/h2-6H,7H2,1H3. The van der Waals surface area contributed by atoms with Crippen LogP contribution in [0.2, 0.25) is 0 Å². The summed E-state index contributed by atoms with van der Waals surface area (Å²) >= 11 is 2.17. The molecular weight excluding hydrogens is 333 g/mol. The molecule has 0 fully saturated rings. The van der Waals surface area contributed by atoms with Crippen LogP contribution >= 0.6 is 22.6 Å². The predicted molar refractivity (Wildman–Crippen MR) is 72.9 cm³/mol. The zero-order valence-electron chi connectivity index (χ0n) is 9.14. The van der Waals surface area contributed by atoms with Gasteiger partial charge in [-0.1, -0.05) is 6.07 Å². The third kappa shape index (κ3) is 2.49. The molecule has 0 amide bonds. The van der Waals surface area contributed by atoms with Gasteiger partial charge in [-0.05, 0) is 46.2 Å². The van der Waals surface area contributed by atoms with Crippen molar-refractivity contribution in [2.24, 2.45) is 0 Å². The van der Waals surface area contributed by atoms with Crippen LogP contribution in [0, 0.1) is 3.57 Å². The van der Waals surface area contributed by atoms with Crippen molar-refractivity contribution in [3.63, 3.8) is 0 Å². The van der Waals surface area contributed by atoms with Crippen LogP contribution < -0.4 is 5.56 Å². The second-order valence-electron chi connectivity index (χ2n) is 3.54. The molecular formula is C12H10INO3. The Hall–Kier alpha value is -1.37. The van der Waals surface area contributed by atoms with Crippen LogP contribution in [-0.4, -0.2) is 17.6 Å². The summed E-state index contributed by atoms with van der Waals surface area (Å²) in [5.41, 5.74) is 0.541. The SMILES string of the molecule is COC(=O)Cn1c(=O)ccc2ccc(I)cc21. The van der Waals surface area contributed by atoms with E-state index < -0.39 is 5.97 Å². The number of carbonyl (C=O) groups is 1. The summed E-state index contributed by atoms with van der Waals surface area (Å²) in [4.78, 5) is 23.0. The van der Waals surface area contributed by atoms with Crippen LogP contribution in [0.15, 0.2) is 35.1 Å². The maximum Gasteiger partial charge on any atom is 0.325 e. The van der Waals surface area contributed by atoms with Gasteiger partial charge in [-0.2, -0.15) is 0 Å². The minimum atomic E-state index is -0.432. The number of nitrogens with zero attached hydrogens (tertiary/aromatic N) is 1. The number of esters is 1. The van der Waals surface area contributed by atoms with Crippen molar-refractivity contribution >= 4 is 39.5 Å². The van der Waals surface area contributed by atoms with Crippen LogP contribution in [-0.2, 0) is 16.1 Å². The minimum Gasteiger partial charge on any atom is -0.468 e. The summed E-state index contributed by atoms with van der Waals surface area (Å²) in [6.07, 6.45) is 0. The first-order valence-electron chi connectivity index (χ1n) is 4.98. The molecule has 0 N–H and O–H groups in total. The second kappa shape index (κ2) is 4.87.